The second-order valence-electron chi connectivity index (χ2n) is 6.17. The summed E-state index contributed by atoms with van der Waals surface area (Å²) in [7, 11) is 0. The molecule has 0 aliphatic carbocycles. The molecule has 25 heavy (non-hydrogen) atoms. The van der Waals surface area contributed by atoms with Crippen LogP contribution >= 0.6 is 11.3 Å². The Morgan fingerprint density at radius 3 is 2.88 bits per heavy atom. The molecule has 0 radical (unpaired) electrons. The molecule has 0 bridgehead atoms. The van der Waals surface area contributed by atoms with Crippen molar-refractivity contribution in [3.05, 3.63) is 71.0 Å². The van der Waals surface area contributed by atoms with Crippen molar-refractivity contribution < 1.29 is 0 Å². The van der Waals surface area contributed by atoms with Gasteiger partial charge in [0.05, 0.1) is 4.88 Å². The molecule has 0 saturated heterocycles. The van der Waals surface area contributed by atoms with Crippen molar-refractivity contribution >= 4 is 22.2 Å². The summed E-state index contributed by atoms with van der Waals surface area (Å²) in [5.41, 5.74) is 3.71. The van der Waals surface area contributed by atoms with Crippen LogP contribution in [-0.4, -0.2) is 19.7 Å². The van der Waals surface area contributed by atoms with Crippen molar-refractivity contribution in [1.29, 1.82) is 0 Å². The van der Waals surface area contributed by atoms with Gasteiger partial charge in [0.15, 0.2) is 5.82 Å². The summed E-state index contributed by atoms with van der Waals surface area (Å²) in [5, 5.41) is 12.3. The number of hydrogen-bond acceptors (Lipinski definition) is 3. The minimum atomic E-state index is 0.763. The predicted molar refractivity (Wildman–Crippen MR) is 104 cm³/mol. The van der Waals surface area contributed by atoms with E-state index < -0.39 is 0 Å². The molecule has 3 aromatic heterocycles. The first-order valence-corrected chi connectivity index (χ1v) is 9.27. The van der Waals surface area contributed by atoms with Crippen LogP contribution in [0.5, 0.6) is 0 Å². The fourth-order valence-electron chi connectivity index (χ4n) is 3.01. The maximum absolute atomic E-state index is 4.52. The van der Waals surface area contributed by atoms with Gasteiger partial charge in [0, 0.05) is 30.1 Å². The summed E-state index contributed by atoms with van der Waals surface area (Å²) in [6, 6.07) is 12.5. The molecule has 0 aliphatic heterocycles. The van der Waals surface area contributed by atoms with Crippen molar-refractivity contribution in [2.75, 3.05) is 0 Å². The van der Waals surface area contributed by atoms with E-state index in [9.17, 15) is 0 Å². The Kier molecular flexibility index (Phi) is 4.24. The van der Waals surface area contributed by atoms with Crippen LogP contribution in [0.4, 0.5) is 0 Å². The summed E-state index contributed by atoms with van der Waals surface area (Å²) in [5.74, 6) is 1.94. The number of rotatable bonds is 5. The number of benzene rings is 1. The van der Waals surface area contributed by atoms with Crippen molar-refractivity contribution in [2.45, 2.75) is 26.8 Å². The monoisotopic (exact) mass is 348 g/mol. The molecule has 0 fully saturated rings. The number of H-pyrrole nitrogens is 1. The molecular weight excluding hydrogens is 328 g/mol. The predicted octanol–water partition coefficient (Wildman–Crippen LogP) is 5.04. The van der Waals surface area contributed by atoms with Gasteiger partial charge in [-0.3, -0.25) is 0 Å². The van der Waals surface area contributed by atoms with Crippen LogP contribution < -0.4 is 0 Å². The Balaban J connectivity index is 1.76. The molecule has 0 saturated carbocycles. The van der Waals surface area contributed by atoms with Gasteiger partial charge in [-0.25, -0.2) is 0 Å². The van der Waals surface area contributed by atoms with Gasteiger partial charge in [-0.05, 0) is 36.9 Å². The Labute approximate surface area is 150 Å². The van der Waals surface area contributed by atoms with Gasteiger partial charge in [0.25, 0.3) is 0 Å². The van der Waals surface area contributed by atoms with Gasteiger partial charge in [-0.1, -0.05) is 35.9 Å². The van der Waals surface area contributed by atoms with Gasteiger partial charge >= 0.3 is 0 Å². The third-order valence-electron chi connectivity index (χ3n) is 4.49. The van der Waals surface area contributed by atoms with E-state index >= 15 is 0 Å². The lowest BCUT2D eigenvalue weighted by molar-refractivity contribution is 0.737. The minimum absolute atomic E-state index is 0.763. The highest BCUT2D eigenvalue weighted by Crippen LogP contribution is 2.26. The quantitative estimate of drug-likeness (QED) is 0.513. The minimum Gasteiger partial charge on any atom is -0.361 e. The van der Waals surface area contributed by atoms with Crippen LogP contribution in [0.3, 0.4) is 0 Å². The Hall–Kier alpha value is -2.66. The van der Waals surface area contributed by atoms with E-state index in [1.165, 1.54) is 16.5 Å². The Bertz CT molecular complexity index is 1020. The third-order valence-corrected chi connectivity index (χ3v) is 5.36. The van der Waals surface area contributed by atoms with Gasteiger partial charge in [0.1, 0.15) is 5.82 Å². The summed E-state index contributed by atoms with van der Waals surface area (Å²) in [6.45, 7) is 5.03. The first-order chi connectivity index (χ1) is 12.3. The number of para-hydroxylation sites is 1. The second-order valence-corrected chi connectivity index (χ2v) is 7.12. The van der Waals surface area contributed by atoms with Gasteiger partial charge in [-0.2, -0.15) is 0 Å². The molecule has 5 heteroatoms. The van der Waals surface area contributed by atoms with E-state index in [1.54, 1.807) is 11.3 Å². The lowest BCUT2D eigenvalue weighted by Crippen LogP contribution is -2.07. The Morgan fingerprint density at radius 1 is 1.20 bits per heavy atom. The summed E-state index contributed by atoms with van der Waals surface area (Å²) < 4.78 is 2.24. The SMILES string of the molecule is C/C=C(\C)Cn1c(Cc2c[nH]c3ccccc23)nnc1-c1cccs1. The molecule has 126 valence electrons. The van der Waals surface area contributed by atoms with E-state index in [1.807, 2.05) is 0 Å². The number of thiophene rings is 1. The molecule has 4 rings (SSSR count). The molecule has 0 amide bonds. The lowest BCUT2D eigenvalue weighted by Gasteiger charge is -2.10. The fourth-order valence-corrected chi connectivity index (χ4v) is 3.73. The normalized spacial score (nSPS) is 12.2. The number of hydrogen-bond donors (Lipinski definition) is 1. The van der Waals surface area contributed by atoms with Crippen LogP contribution in [0.2, 0.25) is 0 Å². The van der Waals surface area contributed by atoms with Crippen molar-refractivity contribution in [1.82, 2.24) is 19.7 Å². The average Bonchev–Trinajstić information content (AvgIpc) is 3.36. The summed E-state index contributed by atoms with van der Waals surface area (Å²) in [6.07, 6.45) is 4.99. The number of nitrogens with one attached hydrogen (secondary N) is 1. The summed E-state index contributed by atoms with van der Waals surface area (Å²) >= 11 is 1.70. The standard InChI is InChI=1S/C20H20N4S/c1-3-14(2)13-24-19(22-23-20(24)18-9-6-10-25-18)11-15-12-21-17-8-5-4-7-16(15)17/h3-10,12,21H,11,13H2,1-2H3/b14-3+. The van der Waals surface area contributed by atoms with Crippen LogP contribution in [0.15, 0.2) is 59.6 Å². The van der Waals surface area contributed by atoms with Gasteiger partial charge < -0.3 is 9.55 Å². The molecule has 0 unspecified atom stereocenters. The largest absolute Gasteiger partial charge is 0.361 e. The number of allylic oxidation sites excluding steroid dienone is 2. The van der Waals surface area contributed by atoms with Crippen LogP contribution in [-0.2, 0) is 13.0 Å². The molecule has 0 atom stereocenters. The number of aromatic amines is 1. The highest BCUT2D eigenvalue weighted by molar-refractivity contribution is 7.13. The van der Waals surface area contributed by atoms with E-state index in [2.05, 4.69) is 87.6 Å². The first kappa shape index (κ1) is 15.8. The Morgan fingerprint density at radius 2 is 2.08 bits per heavy atom. The number of nitrogens with zero attached hydrogens (tertiary/aromatic N) is 3. The van der Waals surface area contributed by atoms with E-state index in [-0.39, 0.29) is 0 Å². The molecule has 0 spiro atoms. The third kappa shape index (κ3) is 3.03. The van der Waals surface area contributed by atoms with Crippen molar-refractivity contribution in [3.63, 3.8) is 0 Å². The summed E-state index contributed by atoms with van der Waals surface area (Å²) in [4.78, 5) is 4.50. The average molecular weight is 348 g/mol. The maximum atomic E-state index is 4.52. The van der Waals surface area contributed by atoms with Gasteiger partial charge in [-0.15, -0.1) is 21.5 Å². The lowest BCUT2D eigenvalue weighted by atomic mass is 10.1. The number of aromatic nitrogens is 4. The van der Waals surface area contributed by atoms with E-state index in [0.29, 0.717) is 0 Å². The molecule has 3 heterocycles. The first-order valence-electron chi connectivity index (χ1n) is 8.39. The zero-order chi connectivity index (χ0) is 17.2. The highest BCUT2D eigenvalue weighted by atomic mass is 32.1. The zero-order valence-corrected chi connectivity index (χ0v) is 15.2. The molecule has 1 N–H and O–H groups in total. The fraction of sp³-hybridized carbons (Fsp3) is 0.200. The molecular formula is C20H20N4S. The topological polar surface area (TPSA) is 46.5 Å². The molecule has 4 aromatic rings. The number of fused-ring (bicyclic) bond motifs is 1. The molecule has 1 aromatic carbocycles. The molecule has 4 nitrogen and oxygen atoms in total. The smallest absolute Gasteiger partial charge is 0.174 e. The highest BCUT2D eigenvalue weighted by Gasteiger charge is 2.16. The van der Waals surface area contributed by atoms with Crippen molar-refractivity contribution in [3.8, 4) is 10.7 Å². The van der Waals surface area contributed by atoms with E-state index in [0.717, 1.165) is 35.0 Å². The van der Waals surface area contributed by atoms with Crippen LogP contribution in [0, 0.1) is 0 Å². The molecule has 0 aliphatic rings. The maximum Gasteiger partial charge on any atom is 0.174 e. The van der Waals surface area contributed by atoms with Crippen LogP contribution in [0.25, 0.3) is 21.6 Å². The van der Waals surface area contributed by atoms with Crippen LogP contribution in [0.1, 0.15) is 25.2 Å². The van der Waals surface area contributed by atoms with E-state index in [4.69, 9.17) is 0 Å². The zero-order valence-electron chi connectivity index (χ0n) is 14.4. The second kappa shape index (κ2) is 6.69. The van der Waals surface area contributed by atoms with Crippen molar-refractivity contribution in [2.24, 2.45) is 0 Å². The van der Waals surface area contributed by atoms with Gasteiger partial charge in [0.2, 0.25) is 0 Å².